The first-order chi connectivity index (χ1) is 14.4. The molecular formula is C25H31ClN2O2. The topological polar surface area (TPSA) is 49.4 Å². The Hall–Kier alpha value is -2.33. The van der Waals surface area contributed by atoms with Crippen LogP contribution in [0.4, 0.5) is 0 Å². The van der Waals surface area contributed by atoms with Crippen molar-refractivity contribution in [3.05, 3.63) is 70.2 Å². The fourth-order valence-electron chi connectivity index (χ4n) is 3.91. The van der Waals surface area contributed by atoms with Gasteiger partial charge in [-0.1, -0.05) is 66.4 Å². The summed E-state index contributed by atoms with van der Waals surface area (Å²) in [5.41, 5.74) is 3.29. The zero-order valence-corrected chi connectivity index (χ0v) is 18.6. The minimum atomic E-state index is -0.521. The number of amides is 2. The molecule has 1 fully saturated rings. The highest BCUT2D eigenvalue weighted by Gasteiger charge is 2.28. The van der Waals surface area contributed by atoms with Crippen molar-refractivity contribution in [2.45, 2.75) is 71.0 Å². The lowest BCUT2D eigenvalue weighted by molar-refractivity contribution is -0.140. The number of nitrogens with one attached hydrogen (secondary N) is 1. The van der Waals surface area contributed by atoms with Crippen molar-refractivity contribution in [3.63, 3.8) is 0 Å². The quantitative estimate of drug-likeness (QED) is 0.641. The third-order valence-corrected chi connectivity index (χ3v) is 6.14. The van der Waals surface area contributed by atoms with Crippen LogP contribution < -0.4 is 5.32 Å². The average molecular weight is 427 g/mol. The molecule has 1 aliphatic rings. The summed E-state index contributed by atoms with van der Waals surface area (Å²) in [7, 11) is 0. The summed E-state index contributed by atoms with van der Waals surface area (Å²) in [6.45, 7) is 4.26. The lowest BCUT2D eigenvalue weighted by Gasteiger charge is -2.30. The Morgan fingerprint density at radius 1 is 1.03 bits per heavy atom. The molecule has 30 heavy (non-hydrogen) atoms. The average Bonchev–Trinajstić information content (AvgIpc) is 3.25. The van der Waals surface area contributed by atoms with E-state index in [-0.39, 0.29) is 17.9 Å². The molecule has 0 bridgehead atoms. The van der Waals surface area contributed by atoms with Gasteiger partial charge in [0.1, 0.15) is 6.04 Å². The van der Waals surface area contributed by atoms with E-state index in [0.29, 0.717) is 24.4 Å². The molecule has 160 valence electrons. The molecule has 3 rings (SSSR count). The first-order valence-electron chi connectivity index (χ1n) is 10.8. The van der Waals surface area contributed by atoms with E-state index in [4.69, 9.17) is 11.6 Å². The molecular weight excluding hydrogens is 396 g/mol. The highest BCUT2D eigenvalue weighted by molar-refractivity contribution is 6.30. The summed E-state index contributed by atoms with van der Waals surface area (Å²) < 4.78 is 0. The van der Waals surface area contributed by atoms with Crippen LogP contribution in [0.25, 0.3) is 0 Å². The standard InChI is InChI=1S/C25H31ClN2O2/c1-18-7-9-20(10-8-18)13-16-24(29)28(17-21-11-14-22(26)15-12-21)19(2)25(30)27-23-5-3-4-6-23/h7-12,14-15,19,23H,3-6,13,16-17H2,1-2H3,(H,27,30). The Balaban J connectivity index is 1.69. The minimum Gasteiger partial charge on any atom is -0.352 e. The second-order valence-corrected chi connectivity index (χ2v) is 8.74. The predicted octanol–water partition coefficient (Wildman–Crippen LogP) is 5.06. The van der Waals surface area contributed by atoms with Gasteiger partial charge >= 0.3 is 0 Å². The largest absolute Gasteiger partial charge is 0.352 e. The zero-order chi connectivity index (χ0) is 21.5. The second kappa shape index (κ2) is 10.6. The fourth-order valence-corrected chi connectivity index (χ4v) is 4.04. The van der Waals surface area contributed by atoms with Crippen LogP contribution in [0.2, 0.25) is 5.02 Å². The predicted molar refractivity (Wildman–Crippen MR) is 121 cm³/mol. The van der Waals surface area contributed by atoms with Crippen molar-refractivity contribution in [1.29, 1.82) is 0 Å². The Kier molecular flexibility index (Phi) is 7.92. The monoisotopic (exact) mass is 426 g/mol. The molecule has 4 nitrogen and oxygen atoms in total. The van der Waals surface area contributed by atoms with Crippen molar-refractivity contribution in [2.75, 3.05) is 0 Å². The van der Waals surface area contributed by atoms with Crippen molar-refractivity contribution in [2.24, 2.45) is 0 Å². The smallest absolute Gasteiger partial charge is 0.242 e. The highest BCUT2D eigenvalue weighted by atomic mass is 35.5. The molecule has 1 saturated carbocycles. The Morgan fingerprint density at radius 3 is 2.27 bits per heavy atom. The molecule has 2 aromatic rings. The molecule has 1 unspecified atom stereocenters. The molecule has 5 heteroatoms. The molecule has 0 heterocycles. The van der Waals surface area contributed by atoms with Crippen molar-refractivity contribution in [3.8, 4) is 0 Å². The number of rotatable bonds is 8. The van der Waals surface area contributed by atoms with Gasteiger partial charge in [-0.25, -0.2) is 0 Å². The molecule has 1 N–H and O–H groups in total. The van der Waals surface area contributed by atoms with Gasteiger partial charge in [-0.2, -0.15) is 0 Å². The number of hydrogen-bond donors (Lipinski definition) is 1. The van der Waals surface area contributed by atoms with Gasteiger partial charge < -0.3 is 10.2 Å². The Morgan fingerprint density at radius 2 is 1.63 bits per heavy atom. The van der Waals surface area contributed by atoms with Crippen LogP contribution >= 0.6 is 11.6 Å². The normalized spacial score (nSPS) is 15.0. The molecule has 0 radical (unpaired) electrons. The SMILES string of the molecule is Cc1ccc(CCC(=O)N(Cc2ccc(Cl)cc2)C(C)C(=O)NC2CCCC2)cc1. The molecule has 1 atom stereocenters. The number of carbonyl (C=O) groups is 2. The lowest BCUT2D eigenvalue weighted by atomic mass is 10.1. The number of carbonyl (C=O) groups excluding carboxylic acids is 2. The van der Waals surface area contributed by atoms with Crippen LogP contribution in [-0.4, -0.2) is 28.8 Å². The van der Waals surface area contributed by atoms with Gasteiger partial charge in [0.15, 0.2) is 0 Å². The van der Waals surface area contributed by atoms with Gasteiger partial charge in [0.25, 0.3) is 0 Å². The van der Waals surface area contributed by atoms with Gasteiger partial charge in [-0.15, -0.1) is 0 Å². The van der Waals surface area contributed by atoms with E-state index in [1.165, 1.54) is 5.56 Å². The zero-order valence-electron chi connectivity index (χ0n) is 17.9. The van der Waals surface area contributed by atoms with Crippen LogP contribution in [0.5, 0.6) is 0 Å². The highest BCUT2D eigenvalue weighted by Crippen LogP contribution is 2.19. The van der Waals surface area contributed by atoms with Gasteiger partial charge in [0, 0.05) is 24.0 Å². The van der Waals surface area contributed by atoms with E-state index in [1.807, 2.05) is 38.1 Å². The van der Waals surface area contributed by atoms with Crippen LogP contribution in [0, 0.1) is 6.92 Å². The number of halogens is 1. The Labute approximate surface area is 184 Å². The van der Waals surface area contributed by atoms with E-state index in [1.54, 1.807) is 4.90 Å². The summed E-state index contributed by atoms with van der Waals surface area (Å²) in [6, 6.07) is 15.4. The maximum Gasteiger partial charge on any atom is 0.242 e. The van der Waals surface area contributed by atoms with E-state index < -0.39 is 6.04 Å². The summed E-state index contributed by atoms with van der Waals surface area (Å²) in [6.07, 6.45) is 5.39. The van der Waals surface area contributed by atoms with Gasteiger partial charge in [-0.3, -0.25) is 9.59 Å². The van der Waals surface area contributed by atoms with Gasteiger partial charge in [-0.05, 0) is 56.4 Å². The summed E-state index contributed by atoms with van der Waals surface area (Å²) in [4.78, 5) is 27.7. The summed E-state index contributed by atoms with van der Waals surface area (Å²) >= 11 is 6.00. The van der Waals surface area contributed by atoms with E-state index in [9.17, 15) is 9.59 Å². The third kappa shape index (κ3) is 6.33. The van der Waals surface area contributed by atoms with E-state index in [2.05, 4.69) is 29.6 Å². The van der Waals surface area contributed by atoms with Crippen LogP contribution in [-0.2, 0) is 22.6 Å². The number of hydrogen-bond acceptors (Lipinski definition) is 2. The second-order valence-electron chi connectivity index (χ2n) is 8.30. The van der Waals surface area contributed by atoms with Crippen LogP contribution in [0.3, 0.4) is 0 Å². The fraction of sp³-hybridized carbons (Fsp3) is 0.440. The molecule has 2 aromatic carbocycles. The molecule has 0 saturated heterocycles. The van der Waals surface area contributed by atoms with Crippen molar-refractivity contribution >= 4 is 23.4 Å². The third-order valence-electron chi connectivity index (χ3n) is 5.88. The van der Waals surface area contributed by atoms with Gasteiger partial charge in [0.05, 0.1) is 0 Å². The first kappa shape index (κ1) is 22.4. The molecule has 0 aliphatic heterocycles. The summed E-state index contributed by atoms with van der Waals surface area (Å²) in [5, 5.41) is 3.79. The summed E-state index contributed by atoms with van der Waals surface area (Å²) in [5.74, 6) is -0.0841. The van der Waals surface area contributed by atoms with E-state index >= 15 is 0 Å². The number of nitrogens with zero attached hydrogens (tertiary/aromatic N) is 1. The van der Waals surface area contributed by atoms with Gasteiger partial charge in [0.2, 0.25) is 11.8 Å². The minimum absolute atomic E-state index is 0.0143. The van der Waals surface area contributed by atoms with Crippen LogP contribution in [0.15, 0.2) is 48.5 Å². The molecule has 0 spiro atoms. The van der Waals surface area contributed by atoms with Crippen molar-refractivity contribution in [1.82, 2.24) is 10.2 Å². The first-order valence-corrected chi connectivity index (χ1v) is 11.2. The lowest BCUT2D eigenvalue weighted by Crippen LogP contribution is -2.49. The molecule has 1 aliphatic carbocycles. The molecule has 2 amide bonds. The van der Waals surface area contributed by atoms with Crippen LogP contribution in [0.1, 0.15) is 55.7 Å². The van der Waals surface area contributed by atoms with E-state index in [0.717, 1.165) is 36.8 Å². The number of aryl methyl sites for hydroxylation is 2. The number of benzene rings is 2. The van der Waals surface area contributed by atoms with Crippen molar-refractivity contribution < 1.29 is 9.59 Å². The maximum absolute atomic E-state index is 13.2. The molecule has 0 aromatic heterocycles. The Bertz CT molecular complexity index is 842. The maximum atomic E-state index is 13.2.